The van der Waals surface area contributed by atoms with Crippen molar-refractivity contribution in [3.63, 3.8) is 0 Å². The first-order valence-corrected chi connectivity index (χ1v) is 11.2. The number of para-hydroxylation sites is 1. The second-order valence-corrected chi connectivity index (χ2v) is 9.26. The third-order valence-corrected chi connectivity index (χ3v) is 6.62. The number of hydrogen-bond acceptors (Lipinski definition) is 6. The van der Waals surface area contributed by atoms with Crippen molar-refractivity contribution in [2.45, 2.75) is 31.2 Å². The predicted molar refractivity (Wildman–Crippen MR) is 122 cm³/mol. The van der Waals surface area contributed by atoms with Crippen LogP contribution in [0.2, 0.25) is 0 Å². The molecule has 1 atom stereocenters. The van der Waals surface area contributed by atoms with Gasteiger partial charge in [0, 0.05) is 16.1 Å². The van der Waals surface area contributed by atoms with Gasteiger partial charge in [-0.1, -0.05) is 60.3 Å². The summed E-state index contributed by atoms with van der Waals surface area (Å²) in [5.74, 6) is 0.626. The SMILES string of the molecule is Cc1nc(NC(=O)[C@@H](C)Sc2nnc(-c3ccccc3)n2-c2ccccc2)sc1C. The Labute approximate surface area is 183 Å². The number of hydrogen-bond donors (Lipinski definition) is 1. The van der Waals surface area contributed by atoms with Gasteiger partial charge in [-0.15, -0.1) is 21.5 Å². The van der Waals surface area contributed by atoms with Crippen LogP contribution in [0.5, 0.6) is 0 Å². The average molecular weight is 436 g/mol. The van der Waals surface area contributed by atoms with Gasteiger partial charge in [0.25, 0.3) is 0 Å². The minimum atomic E-state index is -0.371. The Bertz CT molecular complexity index is 1140. The second kappa shape index (κ2) is 8.81. The summed E-state index contributed by atoms with van der Waals surface area (Å²) in [6, 6.07) is 19.8. The first kappa shape index (κ1) is 20.3. The topological polar surface area (TPSA) is 72.7 Å². The summed E-state index contributed by atoms with van der Waals surface area (Å²) in [4.78, 5) is 18.2. The average Bonchev–Trinajstić information content (AvgIpc) is 3.31. The number of carbonyl (C=O) groups is 1. The fourth-order valence-electron chi connectivity index (χ4n) is 2.88. The molecule has 4 rings (SSSR count). The van der Waals surface area contributed by atoms with E-state index in [1.54, 1.807) is 0 Å². The summed E-state index contributed by atoms with van der Waals surface area (Å²) in [5.41, 5.74) is 2.85. The van der Waals surface area contributed by atoms with E-state index in [4.69, 9.17) is 0 Å². The number of benzene rings is 2. The number of rotatable bonds is 6. The van der Waals surface area contributed by atoms with Crippen LogP contribution in [0.1, 0.15) is 17.5 Å². The van der Waals surface area contributed by atoms with Crippen LogP contribution in [0.25, 0.3) is 17.1 Å². The van der Waals surface area contributed by atoms with Crippen LogP contribution in [-0.2, 0) is 4.79 Å². The summed E-state index contributed by atoms with van der Waals surface area (Å²) >= 11 is 2.86. The molecule has 2 heterocycles. The first-order valence-electron chi connectivity index (χ1n) is 9.50. The number of nitrogens with zero attached hydrogens (tertiary/aromatic N) is 4. The Balaban J connectivity index is 1.62. The van der Waals surface area contributed by atoms with Gasteiger partial charge < -0.3 is 5.32 Å². The molecule has 0 saturated heterocycles. The molecule has 0 spiro atoms. The van der Waals surface area contributed by atoms with Gasteiger partial charge in [-0.3, -0.25) is 9.36 Å². The molecule has 4 aromatic rings. The fraction of sp³-hybridized carbons (Fsp3) is 0.182. The summed E-state index contributed by atoms with van der Waals surface area (Å²) in [7, 11) is 0. The maximum Gasteiger partial charge on any atom is 0.239 e. The molecule has 0 saturated carbocycles. The predicted octanol–water partition coefficient (Wildman–Crippen LogP) is 5.13. The number of thiazole rings is 1. The molecule has 30 heavy (non-hydrogen) atoms. The van der Waals surface area contributed by atoms with Gasteiger partial charge in [0.05, 0.1) is 10.9 Å². The lowest BCUT2D eigenvalue weighted by molar-refractivity contribution is -0.115. The highest BCUT2D eigenvalue weighted by atomic mass is 32.2. The molecular weight excluding hydrogens is 414 g/mol. The van der Waals surface area contributed by atoms with Crippen LogP contribution in [0.15, 0.2) is 65.8 Å². The van der Waals surface area contributed by atoms with E-state index in [0.717, 1.165) is 27.6 Å². The standard InChI is InChI=1S/C22H21N5OS2/c1-14-15(2)29-21(23-14)24-20(28)16(3)30-22-26-25-19(17-10-6-4-7-11-17)27(22)18-12-8-5-9-13-18/h4-13,16H,1-3H3,(H,23,24,28)/t16-/m1/s1. The van der Waals surface area contributed by atoms with E-state index in [9.17, 15) is 4.79 Å². The Kier molecular flexibility index (Phi) is 5.96. The Hall–Kier alpha value is -2.97. The summed E-state index contributed by atoms with van der Waals surface area (Å²) in [6.07, 6.45) is 0. The number of aromatic nitrogens is 4. The molecule has 0 aliphatic heterocycles. The molecule has 1 amide bonds. The molecule has 0 aliphatic carbocycles. The van der Waals surface area contributed by atoms with Gasteiger partial charge in [-0.25, -0.2) is 4.98 Å². The zero-order chi connectivity index (χ0) is 21.1. The number of anilines is 1. The second-order valence-electron chi connectivity index (χ2n) is 6.75. The molecular formula is C22H21N5OS2. The van der Waals surface area contributed by atoms with E-state index >= 15 is 0 Å². The lowest BCUT2D eigenvalue weighted by Crippen LogP contribution is -2.22. The first-order chi connectivity index (χ1) is 14.5. The third kappa shape index (κ3) is 4.29. The van der Waals surface area contributed by atoms with E-state index < -0.39 is 0 Å². The lowest BCUT2D eigenvalue weighted by atomic mass is 10.2. The van der Waals surface area contributed by atoms with Crippen molar-refractivity contribution in [2.24, 2.45) is 0 Å². The summed E-state index contributed by atoms with van der Waals surface area (Å²) in [5, 5.41) is 12.6. The van der Waals surface area contributed by atoms with Crippen molar-refractivity contribution < 1.29 is 4.79 Å². The molecule has 0 radical (unpaired) electrons. The Morgan fingerprint density at radius 3 is 2.33 bits per heavy atom. The monoisotopic (exact) mass is 435 g/mol. The zero-order valence-corrected chi connectivity index (χ0v) is 18.5. The van der Waals surface area contributed by atoms with Crippen LogP contribution >= 0.6 is 23.1 Å². The molecule has 2 aromatic carbocycles. The molecule has 6 nitrogen and oxygen atoms in total. The van der Waals surface area contributed by atoms with E-state index in [0.29, 0.717) is 10.3 Å². The van der Waals surface area contributed by atoms with Crippen molar-refractivity contribution >= 4 is 34.1 Å². The zero-order valence-electron chi connectivity index (χ0n) is 16.9. The van der Waals surface area contributed by atoms with Crippen LogP contribution in [0, 0.1) is 13.8 Å². The smallest absolute Gasteiger partial charge is 0.239 e. The van der Waals surface area contributed by atoms with E-state index in [1.165, 1.54) is 23.1 Å². The highest BCUT2D eigenvalue weighted by Gasteiger charge is 2.22. The number of carbonyl (C=O) groups excluding carboxylic acids is 1. The molecule has 0 aliphatic rings. The van der Waals surface area contributed by atoms with Crippen LogP contribution < -0.4 is 5.32 Å². The maximum atomic E-state index is 12.7. The molecule has 0 unspecified atom stereocenters. The van der Waals surface area contributed by atoms with Crippen molar-refractivity contribution in [3.05, 3.63) is 71.2 Å². The minimum absolute atomic E-state index is 0.113. The van der Waals surface area contributed by atoms with Gasteiger partial charge in [0.2, 0.25) is 5.91 Å². The molecule has 0 bridgehead atoms. The largest absolute Gasteiger partial charge is 0.301 e. The third-order valence-electron chi connectivity index (χ3n) is 4.59. The van der Waals surface area contributed by atoms with E-state index in [2.05, 4.69) is 20.5 Å². The van der Waals surface area contributed by atoms with Crippen LogP contribution in [-0.4, -0.2) is 30.9 Å². The molecule has 8 heteroatoms. The normalized spacial score (nSPS) is 12.0. The minimum Gasteiger partial charge on any atom is -0.301 e. The quantitative estimate of drug-likeness (QED) is 0.425. The van der Waals surface area contributed by atoms with Crippen molar-refractivity contribution in [2.75, 3.05) is 5.32 Å². The number of nitrogens with one attached hydrogen (secondary N) is 1. The number of amides is 1. The Morgan fingerprint density at radius 2 is 1.70 bits per heavy atom. The molecule has 2 aromatic heterocycles. The van der Waals surface area contributed by atoms with Gasteiger partial charge in [-0.2, -0.15) is 0 Å². The van der Waals surface area contributed by atoms with E-state index in [1.807, 2.05) is 86.0 Å². The van der Waals surface area contributed by atoms with Gasteiger partial charge in [0.15, 0.2) is 16.1 Å². The van der Waals surface area contributed by atoms with Gasteiger partial charge >= 0.3 is 0 Å². The molecule has 1 N–H and O–H groups in total. The Morgan fingerprint density at radius 1 is 1.03 bits per heavy atom. The van der Waals surface area contributed by atoms with Gasteiger partial charge in [-0.05, 0) is 32.9 Å². The van der Waals surface area contributed by atoms with Crippen LogP contribution in [0.3, 0.4) is 0 Å². The highest BCUT2D eigenvalue weighted by molar-refractivity contribution is 8.00. The lowest BCUT2D eigenvalue weighted by Gasteiger charge is -2.13. The highest BCUT2D eigenvalue weighted by Crippen LogP contribution is 2.31. The number of aryl methyl sites for hydroxylation is 2. The van der Waals surface area contributed by atoms with Crippen molar-refractivity contribution in [3.8, 4) is 17.1 Å². The van der Waals surface area contributed by atoms with Crippen molar-refractivity contribution in [1.82, 2.24) is 19.7 Å². The summed E-state index contributed by atoms with van der Waals surface area (Å²) in [6.45, 7) is 5.79. The number of thioether (sulfide) groups is 1. The van der Waals surface area contributed by atoms with Gasteiger partial charge in [0.1, 0.15) is 0 Å². The molecule has 0 fully saturated rings. The molecule has 152 valence electrons. The van der Waals surface area contributed by atoms with Crippen LogP contribution in [0.4, 0.5) is 5.13 Å². The fourth-order valence-corrected chi connectivity index (χ4v) is 4.56. The maximum absolute atomic E-state index is 12.7. The van der Waals surface area contributed by atoms with E-state index in [-0.39, 0.29) is 11.2 Å². The summed E-state index contributed by atoms with van der Waals surface area (Å²) < 4.78 is 1.99. The van der Waals surface area contributed by atoms with Crippen molar-refractivity contribution in [1.29, 1.82) is 0 Å².